The molecule has 1 unspecified atom stereocenters. The molecule has 24 heavy (non-hydrogen) atoms. The number of ether oxygens (including phenoxy) is 1. The maximum absolute atomic E-state index is 12.5. The summed E-state index contributed by atoms with van der Waals surface area (Å²) in [5.41, 5.74) is 0. The van der Waals surface area contributed by atoms with Gasteiger partial charge in [0.1, 0.15) is 6.10 Å². The number of amides is 1. The summed E-state index contributed by atoms with van der Waals surface area (Å²) < 4.78 is 5.61. The highest BCUT2D eigenvalue weighted by Gasteiger charge is 2.28. The molecule has 142 valence electrons. The summed E-state index contributed by atoms with van der Waals surface area (Å²) >= 11 is 0. The Hall–Kier alpha value is -0.0700. The molecule has 0 aromatic carbocycles. The van der Waals surface area contributed by atoms with Gasteiger partial charge in [-0.2, -0.15) is 0 Å². The predicted octanol–water partition coefficient (Wildman–Crippen LogP) is 1.93. The average Bonchev–Trinajstić information content (AvgIpc) is 2.82. The maximum Gasteiger partial charge on any atom is 0.253 e. The van der Waals surface area contributed by atoms with Crippen LogP contribution in [0.4, 0.5) is 0 Å². The molecule has 2 heterocycles. The molecular weight excluding hydrogens is 349 g/mol. The number of carbonyl (C=O) groups is 1. The molecule has 0 aromatic rings. The summed E-state index contributed by atoms with van der Waals surface area (Å²) in [6, 6.07) is 0. The summed E-state index contributed by atoms with van der Waals surface area (Å²) in [6.07, 6.45) is 7.89. The van der Waals surface area contributed by atoms with E-state index in [9.17, 15) is 4.79 Å². The fourth-order valence-electron chi connectivity index (χ4n) is 4.04. The van der Waals surface area contributed by atoms with Gasteiger partial charge in [-0.25, -0.2) is 0 Å². The van der Waals surface area contributed by atoms with Crippen LogP contribution in [0.25, 0.3) is 0 Å². The second kappa shape index (κ2) is 11.5. The minimum Gasteiger partial charge on any atom is -0.366 e. The Morgan fingerprint density at radius 3 is 2.50 bits per heavy atom. The van der Waals surface area contributed by atoms with Gasteiger partial charge in [-0.1, -0.05) is 19.3 Å². The Labute approximate surface area is 158 Å². The highest BCUT2D eigenvalue weighted by molar-refractivity contribution is 5.85. The van der Waals surface area contributed by atoms with E-state index in [0.29, 0.717) is 13.2 Å². The monoisotopic (exact) mass is 381 g/mol. The molecule has 0 spiro atoms. The van der Waals surface area contributed by atoms with Crippen molar-refractivity contribution in [2.45, 2.75) is 44.6 Å². The largest absolute Gasteiger partial charge is 0.366 e. The second-order valence-electron chi connectivity index (χ2n) is 7.05. The van der Waals surface area contributed by atoms with E-state index >= 15 is 0 Å². The Bertz CT molecular complexity index is 362. The summed E-state index contributed by atoms with van der Waals surface area (Å²) in [5.74, 6) is 1.08. The van der Waals surface area contributed by atoms with Crippen LogP contribution in [-0.4, -0.2) is 74.2 Å². The van der Waals surface area contributed by atoms with Crippen LogP contribution in [0.2, 0.25) is 0 Å². The lowest BCUT2D eigenvalue weighted by Crippen LogP contribution is -2.50. The third kappa shape index (κ3) is 6.34. The molecule has 1 atom stereocenters. The van der Waals surface area contributed by atoms with Gasteiger partial charge in [0.2, 0.25) is 0 Å². The maximum atomic E-state index is 12.5. The van der Waals surface area contributed by atoms with Crippen molar-refractivity contribution in [2.75, 3.05) is 52.4 Å². The molecule has 0 bridgehead atoms. The van der Waals surface area contributed by atoms with E-state index in [2.05, 4.69) is 10.2 Å². The molecular formula is C17H33Cl2N3O2. The predicted molar refractivity (Wildman–Crippen MR) is 101 cm³/mol. The van der Waals surface area contributed by atoms with Crippen molar-refractivity contribution in [1.82, 2.24) is 15.1 Å². The van der Waals surface area contributed by atoms with Gasteiger partial charge in [0, 0.05) is 39.3 Å². The number of rotatable bonds is 3. The number of carbonyl (C=O) groups excluding carboxylic acids is 1. The topological polar surface area (TPSA) is 44.8 Å². The summed E-state index contributed by atoms with van der Waals surface area (Å²) in [6.45, 7) is 7.35. The van der Waals surface area contributed by atoms with Crippen LogP contribution in [0.3, 0.4) is 0 Å². The van der Waals surface area contributed by atoms with E-state index in [1.807, 2.05) is 4.90 Å². The lowest BCUT2D eigenvalue weighted by Gasteiger charge is -2.30. The fourth-order valence-corrected chi connectivity index (χ4v) is 4.04. The number of hydrogen-bond donors (Lipinski definition) is 1. The van der Waals surface area contributed by atoms with Gasteiger partial charge in [0.05, 0.1) is 6.61 Å². The first-order valence-electron chi connectivity index (χ1n) is 9.16. The molecule has 3 aliphatic rings. The molecule has 2 aliphatic heterocycles. The van der Waals surface area contributed by atoms with Crippen LogP contribution in [0.1, 0.15) is 38.5 Å². The van der Waals surface area contributed by atoms with Crippen LogP contribution >= 0.6 is 24.8 Å². The third-order valence-electron chi connectivity index (χ3n) is 5.34. The first-order valence-corrected chi connectivity index (χ1v) is 9.16. The lowest BCUT2D eigenvalue weighted by molar-refractivity contribution is -0.145. The Kier molecular flexibility index (Phi) is 10.6. The van der Waals surface area contributed by atoms with Crippen molar-refractivity contribution in [3.63, 3.8) is 0 Å². The Morgan fingerprint density at radius 2 is 1.79 bits per heavy atom. The van der Waals surface area contributed by atoms with Crippen LogP contribution in [-0.2, 0) is 9.53 Å². The van der Waals surface area contributed by atoms with Gasteiger partial charge < -0.3 is 19.9 Å². The molecule has 3 fully saturated rings. The molecule has 1 saturated carbocycles. The smallest absolute Gasteiger partial charge is 0.253 e. The molecule has 5 nitrogen and oxygen atoms in total. The number of nitrogens with one attached hydrogen (secondary N) is 1. The minimum atomic E-state index is -0.265. The zero-order valence-corrected chi connectivity index (χ0v) is 16.2. The molecule has 1 N–H and O–H groups in total. The molecule has 0 aromatic heterocycles. The van der Waals surface area contributed by atoms with Crippen molar-refractivity contribution in [2.24, 2.45) is 5.92 Å². The third-order valence-corrected chi connectivity index (χ3v) is 5.34. The first-order chi connectivity index (χ1) is 10.8. The molecule has 1 amide bonds. The average molecular weight is 382 g/mol. The SMILES string of the molecule is Cl.Cl.O=C(C1CNCCO1)N1CCCN(CC2CCCCC2)CC1. The van der Waals surface area contributed by atoms with Crippen LogP contribution < -0.4 is 5.32 Å². The quantitative estimate of drug-likeness (QED) is 0.810. The van der Waals surface area contributed by atoms with Gasteiger partial charge in [0.25, 0.3) is 5.91 Å². The first kappa shape index (κ1) is 22.0. The summed E-state index contributed by atoms with van der Waals surface area (Å²) in [4.78, 5) is 17.2. The summed E-state index contributed by atoms with van der Waals surface area (Å²) in [7, 11) is 0. The van der Waals surface area contributed by atoms with Gasteiger partial charge >= 0.3 is 0 Å². The number of morpholine rings is 1. The number of nitrogens with zero attached hydrogens (tertiary/aromatic N) is 2. The number of halogens is 2. The zero-order valence-electron chi connectivity index (χ0n) is 14.6. The van der Waals surface area contributed by atoms with Gasteiger partial charge in [-0.05, 0) is 31.7 Å². The van der Waals surface area contributed by atoms with Crippen LogP contribution in [0.5, 0.6) is 0 Å². The van der Waals surface area contributed by atoms with Crippen molar-refractivity contribution in [3.8, 4) is 0 Å². The number of hydrogen-bond acceptors (Lipinski definition) is 4. The van der Waals surface area contributed by atoms with Crippen LogP contribution in [0.15, 0.2) is 0 Å². The van der Waals surface area contributed by atoms with Gasteiger partial charge in [-0.15, -0.1) is 24.8 Å². The van der Waals surface area contributed by atoms with Gasteiger partial charge in [-0.3, -0.25) is 4.79 Å². The Morgan fingerprint density at radius 1 is 1.00 bits per heavy atom. The van der Waals surface area contributed by atoms with Crippen molar-refractivity contribution in [1.29, 1.82) is 0 Å². The molecule has 0 radical (unpaired) electrons. The van der Waals surface area contributed by atoms with Crippen molar-refractivity contribution >= 4 is 30.7 Å². The van der Waals surface area contributed by atoms with E-state index in [1.165, 1.54) is 38.6 Å². The van der Waals surface area contributed by atoms with Crippen LogP contribution in [0, 0.1) is 5.92 Å². The highest BCUT2D eigenvalue weighted by Crippen LogP contribution is 2.24. The molecule has 1 aliphatic carbocycles. The van der Waals surface area contributed by atoms with Crippen molar-refractivity contribution in [3.05, 3.63) is 0 Å². The van der Waals surface area contributed by atoms with E-state index in [4.69, 9.17) is 4.74 Å². The van der Waals surface area contributed by atoms with Crippen molar-refractivity contribution < 1.29 is 9.53 Å². The standard InChI is InChI=1S/C17H31N3O2.2ClH/c21-17(16-13-18-7-12-22-16)20-9-4-8-19(10-11-20)14-15-5-2-1-3-6-15;;/h15-16,18H,1-14H2;2*1H. The van der Waals surface area contributed by atoms with Gasteiger partial charge in [0.15, 0.2) is 0 Å². The minimum absolute atomic E-state index is 0. The zero-order chi connectivity index (χ0) is 15.2. The second-order valence-corrected chi connectivity index (χ2v) is 7.05. The van der Waals surface area contributed by atoms with E-state index in [1.54, 1.807) is 0 Å². The normalized spacial score (nSPS) is 26.8. The Balaban J connectivity index is 0.00000144. The fraction of sp³-hybridized carbons (Fsp3) is 0.941. The highest BCUT2D eigenvalue weighted by atomic mass is 35.5. The van der Waals surface area contributed by atoms with E-state index in [0.717, 1.165) is 45.1 Å². The lowest BCUT2D eigenvalue weighted by atomic mass is 9.89. The van der Waals surface area contributed by atoms with E-state index in [-0.39, 0.29) is 36.8 Å². The molecule has 3 rings (SSSR count). The molecule has 2 saturated heterocycles. The summed E-state index contributed by atoms with van der Waals surface area (Å²) in [5, 5.41) is 3.25. The molecule has 7 heteroatoms. The van der Waals surface area contributed by atoms with E-state index < -0.39 is 0 Å².